The summed E-state index contributed by atoms with van der Waals surface area (Å²) in [5.74, 6) is 1.95. The molecule has 0 aromatic heterocycles. The molecule has 2 aromatic carbocycles. The van der Waals surface area contributed by atoms with Gasteiger partial charge in [0.15, 0.2) is 0 Å². The molecule has 0 amide bonds. The molecule has 1 aliphatic heterocycles. The Morgan fingerprint density at radius 3 is 2.21 bits per heavy atom. The maximum atomic E-state index is 13.3. The van der Waals surface area contributed by atoms with Crippen molar-refractivity contribution in [2.24, 2.45) is 0 Å². The van der Waals surface area contributed by atoms with Crippen LogP contribution in [0.4, 0.5) is 0 Å². The van der Waals surface area contributed by atoms with Gasteiger partial charge in [0.05, 0.1) is 25.2 Å². The van der Waals surface area contributed by atoms with Gasteiger partial charge in [-0.15, -0.1) is 0 Å². The summed E-state index contributed by atoms with van der Waals surface area (Å²) in [6.45, 7) is 7.45. The molecule has 1 atom stereocenters. The smallest absolute Gasteiger partial charge is 0.241 e. The van der Waals surface area contributed by atoms with Crippen LogP contribution in [0.3, 0.4) is 0 Å². The van der Waals surface area contributed by atoms with Gasteiger partial charge in [0.2, 0.25) is 10.0 Å². The molecule has 0 spiro atoms. The number of ether oxygens (including phenoxy) is 3. The number of benzene rings is 2. The fraction of sp³-hybridized carbons (Fsp3) is 0.429. The molecule has 0 unspecified atom stereocenters. The molecule has 3 rings (SSSR count). The van der Waals surface area contributed by atoms with Crippen LogP contribution in [0.5, 0.6) is 17.2 Å². The Bertz CT molecular complexity index is 975. The average Bonchev–Trinajstić information content (AvgIpc) is 2.59. The average molecular weight is 406 g/mol. The van der Waals surface area contributed by atoms with E-state index in [-0.39, 0.29) is 4.90 Å². The second kappa shape index (κ2) is 7.29. The van der Waals surface area contributed by atoms with Gasteiger partial charge in [0.25, 0.3) is 0 Å². The highest BCUT2D eigenvalue weighted by atomic mass is 32.2. The minimum absolute atomic E-state index is 0.280. The van der Waals surface area contributed by atoms with Gasteiger partial charge in [-0.1, -0.05) is 0 Å². The molecule has 0 saturated heterocycles. The van der Waals surface area contributed by atoms with E-state index in [2.05, 4.69) is 4.72 Å². The largest absolute Gasteiger partial charge is 0.497 e. The van der Waals surface area contributed by atoms with Crippen molar-refractivity contribution in [2.45, 2.75) is 50.7 Å². The van der Waals surface area contributed by atoms with Crippen LogP contribution in [-0.2, 0) is 10.0 Å². The summed E-state index contributed by atoms with van der Waals surface area (Å²) in [7, 11) is -0.614. The number of hydrogen-bond donors (Lipinski definition) is 1. The van der Waals surface area contributed by atoms with E-state index >= 15 is 0 Å². The highest BCUT2D eigenvalue weighted by Crippen LogP contribution is 2.42. The predicted molar refractivity (Wildman–Crippen MR) is 108 cm³/mol. The number of methoxy groups -OCH3 is 2. The van der Waals surface area contributed by atoms with Gasteiger partial charge in [0, 0.05) is 12.0 Å². The minimum Gasteiger partial charge on any atom is -0.497 e. The fourth-order valence-corrected chi connectivity index (χ4v) is 5.43. The Morgan fingerprint density at radius 2 is 1.64 bits per heavy atom. The van der Waals surface area contributed by atoms with Crippen LogP contribution in [0.15, 0.2) is 35.2 Å². The molecule has 6 nitrogen and oxygen atoms in total. The van der Waals surface area contributed by atoms with Crippen molar-refractivity contribution in [3.8, 4) is 17.2 Å². The Morgan fingerprint density at radius 1 is 1.04 bits per heavy atom. The second-order valence-corrected chi connectivity index (χ2v) is 9.38. The van der Waals surface area contributed by atoms with Crippen LogP contribution in [0, 0.1) is 13.8 Å². The monoisotopic (exact) mass is 405 g/mol. The third-order valence-electron chi connectivity index (χ3n) is 4.91. The van der Waals surface area contributed by atoms with Crippen molar-refractivity contribution in [1.82, 2.24) is 4.72 Å². The molecule has 7 heteroatoms. The first-order valence-electron chi connectivity index (χ1n) is 9.11. The molecule has 1 heterocycles. The lowest BCUT2D eigenvalue weighted by Crippen LogP contribution is -2.41. The van der Waals surface area contributed by atoms with E-state index < -0.39 is 21.7 Å². The van der Waals surface area contributed by atoms with Gasteiger partial charge in [-0.3, -0.25) is 0 Å². The summed E-state index contributed by atoms with van der Waals surface area (Å²) in [5, 5.41) is 0. The lowest BCUT2D eigenvalue weighted by Gasteiger charge is -2.38. The minimum atomic E-state index is -3.76. The molecule has 152 valence electrons. The van der Waals surface area contributed by atoms with Gasteiger partial charge in [-0.05, 0) is 69.2 Å². The standard InChI is InChI=1S/C21H27NO5S/c1-13-9-16(26-6)10-14(2)20(13)28(23,24)22-18-12-21(3,4)27-19-8-7-15(25-5)11-17(18)19/h7-11,18,22H,12H2,1-6H3/t18-/m1/s1. The topological polar surface area (TPSA) is 73.9 Å². The van der Waals surface area contributed by atoms with Crippen molar-refractivity contribution in [3.63, 3.8) is 0 Å². The first-order valence-corrected chi connectivity index (χ1v) is 10.6. The lowest BCUT2D eigenvalue weighted by molar-refractivity contribution is 0.0700. The number of rotatable bonds is 5. The Kier molecular flexibility index (Phi) is 5.34. The van der Waals surface area contributed by atoms with E-state index in [0.717, 1.165) is 5.56 Å². The van der Waals surface area contributed by atoms with Crippen molar-refractivity contribution in [3.05, 3.63) is 47.0 Å². The molecule has 0 saturated carbocycles. The van der Waals surface area contributed by atoms with Crippen molar-refractivity contribution >= 4 is 10.0 Å². The molecule has 2 aromatic rings. The molecular formula is C21H27NO5S. The normalized spacial score (nSPS) is 18.1. The van der Waals surface area contributed by atoms with Gasteiger partial charge in [-0.25, -0.2) is 13.1 Å². The molecule has 0 aliphatic carbocycles. The van der Waals surface area contributed by atoms with Gasteiger partial charge in [-0.2, -0.15) is 0 Å². The third-order valence-corrected chi connectivity index (χ3v) is 6.69. The van der Waals surface area contributed by atoms with Crippen LogP contribution in [0.25, 0.3) is 0 Å². The van der Waals surface area contributed by atoms with Crippen LogP contribution in [-0.4, -0.2) is 28.2 Å². The molecule has 1 aliphatic rings. The van der Waals surface area contributed by atoms with Gasteiger partial charge >= 0.3 is 0 Å². The number of sulfonamides is 1. The predicted octanol–water partition coefficient (Wildman–Crippen LogP) is 3.90. The first-order chi connectivity index (χ1) is 13.1. The zero-order valence-corrected chi connectivity index (χ0v) is 17.9. The number of nitrogens with one attached hydrogen (secondary N) is 1. The zero-order chi connectivity index (χ0) is 20.7. The SMILES string of the molecule is COc1cc(C)c(S(=O)(=O)N[C@@H]2CC(C)(C)Oc3ccc(OC)cc32)c(C)c1. The second-order valence-electron chi connectivity index (χ2n) is 7.73. The first kappa shape index (κ1) is 20.5. The van der Waals surface area contributed by atoms with Crippen LogP contribution in [0.1, 0.15) is 43.0 Å². The van der Waals surface area contributed by atoms with Crippen LogP contribution < -0.4 is 18.9 Å². The maximum absolute atomic E-state index is 13.3. The quantitative estimate of drug-likeness (QED) is 0.817. The summed E-state index contributed by atoms with van der Waals surface area (Å²) in [5.41, 5.74) is 1.55. The van der Waals surface area contributed by atoms with E-state index in [1.54, 1.807) is 40.2 Å². The van der Waals surface area contributed by atoms with Crippen LogP contribution >= 0.6 is 0 Å². The third kappa shape index (κ3) is 3.95. The zero-order valence-electron chi connectivity index (χ0n) is 17.1. The molecule has 0 fully saturated rings. The number of aryl methyl sites for hydroxylation is 2. The van der Waals surface area contributed by atoms with Gasteiger partial charge in [0.1, 0.15) is 22.8 Å². The highest BCUT2D eigenvalue weighted by Gasteiger charge is 2.37. The summed E-state index contributed by atoms with van der Waals surface area (Å²) >= 11 is 0. The molecule has 1 N–H and O–H groups in total. The molecular weight excluding hydrogens is 378 g/mol. The highest BCUT2D eigenvalue weighted by molar-refractivity contribution is 7.89. The van der Waals surface area contributed by atoms with Crippen molar-refractivity contribution < 1.29 is 22.6 Å². The van der Waals surface area contributed by atoms with Crippen molar-refractivity contribution in [1.29, 1.82) is 0 Å². The Labute approximate surface area is 166 Å². The van der Waals surface area contributed by atoms with Crippen LogP contribution in [0.2, 0.25) is 0 Å². The summed E-state index contributed by atoms with van der Waals surface area (Å²) in [6, 6.07) is 8.48. The number of hydrogen-bond acceptors (Lipinski definition) is 5. The molecule has 0 radical (unpaired) electrons. The van der Waals surface area contributed by atoms with Crippen molar-refractivity contribution in [2.75, 3.05) is 14.2 Å². The van der Waals surface area contributed by atoms with E-state index in [9.17, 15) is 8.42 Å². The van der Waals surface area contributed by atoms with E-state index in [0.29, 0.717) is 34.8 Å². The fourth-order valence-electron chi connectivity index (χ4n) is 3.76. The summed E-state index contributed by atoms with van der Waals surface area (Å²) in [6.07, 6.45) is 0.501. The number of fused-ring (bicyclic) bond motifs is 1. The van der Waals surface area contributed by atoms with E-state index in [1.807, 2.05) is 32.0 Å². The van der Waals surface area contributed by atoms with E-state index in [4.69, 9.17) is 14.2 Å². The van der Waals surface area contributed by atoms with Gasteiger partial charge < -0.3 is 14.2 Å². The van der Waals surface area contributed by atoms with E-state index in [1.165, 1.54) is 0 Å². The Balaban J connectivity index is 2.03. The molecule has 28 heavy (non-hydrogen) atoms. The lowest BCUT2D eigenvalue weighted by atomic mass is 9.90. The summed E-state index contributed by atoms with van der Waals surface area (Å²) < 4.78 is 46.1. The Hall–Kier alpha value is -2.25. The maximum Gasteiger partial charge on any atom is 0.241 e. The molecule has 0 bridgehead atoms. The summed E-state index contributed by atoms with van der Waals surface area (Å²) in [4.78, 5) is 0.280.